The molecule has 2 aromatic rings. The molecule has 3 heterocycles. The maximum absolute atomic E-state index is 12.9. The van der Waals surface area contributed by atoms with Gasteiger partial charge in [0, 0.05) is 64.0 Å². The van der Waals surface area contributed by atoms with Gasteiger partial charge in [-0.3, -0.25) is 4.79 Å². The van der Waals surface area contributed by atoms with Crippen molar-refractivity contribution in [3.63, 3.8) is 0 Å². The normalized spacial score (nSPS) is 18.8. The monoisotopic (exact) mass is 433 g/mol. The molecular weight excluding hydrogens is 402 g/mol. The Kier molecular flexibility index (Phi) is 5.78. The van der Waals surface area contributed by atoms with Crippen molar-refractivity contribution >= 4 is 28.9 Å². The number of hydrogen-bond donors (Lipinski definition) is 2. The zero-order chi connectivity index (χ0) is 22.1. The first-order valence-electron chi connectivity index (χ1n) is 11.6. The van der Waals surface area contributed by atoms with Gasteiger partial charge in [0.25, 0.3) is 0 Å². The van der Waals surface area contributed by atoms with Gasteiger partial charge >= 0.3 is 0 Å². The van der Waals surface area contributed by atoms with Gasteiger partial charge in [0.05, 0.1) is 17.6 Å². The van der Waals surface area contributed by atoms with Crippen LogP contribution in [-0.2, 0) is 11.2 Å². The van der Waals surface area contributed by atoms with E-state index in [1.807, 2.05) is 32.6 Å². The Bertz CT molecular complexity index is 1020. The van der Waals surface area contributed by atoms with Crippen molar-refractivity contribution in [3.05, 3.63) is 41.4 Å². The van der Waals surface area contributed by atoms with Gasteiger partial charge in [0.2, 0.25) is 11.9 Å². The number of pyridine rings is 1. The minimum atomic E-state index is 0.0876. The van der Waals surface area contributed by atoms with Gasteiger partial charge < -0.3 is 20.4 Å². The largest absolute Gasteiger partial charge is 0.368 e. The third kappa shape index (κ3) is 4.07. The molecule has 1 saturated carbocycles. The number of amides is 1. The highest BCUT2D eigenvalue weighted by molar-refractivity contribution is 6.03. The maximum atomic E-state index is 12.9. The molecular formula is C24H31N7O. The van der Waals surface area contributed by atoms with Crippen LogP contribution in [0.15, 0.2) is 30.1 Å². The highest BCUT2D eigenvalue weighted by atomic mass is 16.2. The van der Waals surface area contributed by atoms with Crippen LogP contribution >= 0.6 is 0 Å². The van der Waals surface area contributed by atoms with Gasteiger partial charge in [0.15, 0.2) is 0 Å². The number of allylic oxidation sites excluding steroid dienone is 1. The lowest BCUT2D eigenvalue weighted by molar-refractivity contribution is -0.124. The number of piperazine rings is 1. The van der Waals surface area contributed by atoms with Crippen molar-refractivity contribution in [2.75, 3.05) is 50.5 Å². The molecule has 0 unspecified atom stereocenters. The highest BCUT2D eigenvalue weighted by Gasteiger charge is 2.34. The third-order valence-electron chi connectivity index (χ3n) is 6.71. The van der Waals surface area contributed by atoms with Crippen molar-refractivity contribution in [2.45, 2.75) is 32.1 Å². The molecule has 1 saturated heterocycles. The Morgan fingerprint density at radius 2 is 1.91 bits per heavy atom. The van der Waals surface area contributed by atoms with Crippen molar-refractivity contribution in [1.82, 2.24) is 25.2 Å². The fraction of sp³-hybridized carbons (Fsp3) is 0.500. The molecule has 2 aliphatic carbocycles. The molecule has 32 heavy (non-hydrogen) atoms. The Labute approximate surface area is 189 Å². The molecule has 5 rings (SSSR count). The molecule has 8 nitrogen and oxygen atoms in total. The van der Waals surface area contributed by atoms with Gasteiger partial charge in [-0.25, -0.2) is 15.0 Å². The topological polar surface area (TPSA) is 86.3 Å². The number of carbonyl (C=O) groups is 1. The van der Waals surface area contributed by atoms with Crippen molar-refractivity contribution in [2.24, 2.45) is 5.92 Å². The van der Waals surface area contributed by atoms with Crippen molar-refractivity contribution in [3.8, 4) is 0 Å². The molecule has 0 spiro atoms. The minimum Gasteiger partial charge on any atom is -0.368 e. The molecule has 0 radical (unpaired) electrons. The van der Waals surface area contributed by atoms with Crippen LogP contribution in [0.25, 0.3) is 5.57 Å². The SMILES string of the molecule is CN(C)C(=O)C1=C(C2CCCC2)c2nc(Nc3ccc(N4CCNCC4)cn3)ncc2C1. The van der Waals surface area contributed by atoms with Crippen LogP contribution < -0.4 is 15.5 Å². The standard InChI is InChI=1S/C24H31N7O/c1-30(2)23(32)19-13-17-14-27-24(29-22(17)21(19)16-5-3-4-6-16)28-20-8-7-18(15-26-20)31-11-9-25-10-12-31/h7-8,14-16,25H,3-6,9-13H2,1-2H3,(H,26,27,28,29). The summed E-state index contributed by atoms with van der Waals surface area (Å²) in [6, 6.07) is 4.06. The predicted molar refractivity (Wildman–Crippen MR) is 126 cm³/mol. The van der Waals surface area contributed by atoms with E-state index >= 15 is 0 Å². The lowest BCUT2D eigenvalue weighted by Gasteiger charge is -2.29. The van der Waals surface area contributed by atoms with E-state index in [0.29, 0.717) is 18.3 Å². The summed E-state index contributed by atoms with van der Waals surface area (Å²) < 4.78 is 0. The second kappa shape index (κ2) is 8.86. The summed E-state index contributed by atoms with van der Waals surface area (Å²) in [5, 5.41) is 6.63. The number of nitrogens with one attached hydrogen (secondary N) is 2. The van der Waals surface area contributed by atoms with E-state index in [1.165, 1.54) is 12.8 Å². The zero-order valence-corrected chi connectivity index (χ0v) is 18.9. The summed E-state index contributed by atoms with van der Waals surface area (Å²) in [6.45, 7) is 3.98. The van der Waals surface area contributed by atoms with E-state index in [2.05, 4.69) is 31.6 Å². The number of rotatable bonds is 5. The molecule has 168 valence electrons. The predicted octanol–water partition coefficient (Wildman–Crippen LogP) is 2.61. The lowest BCUT2D eigenvalue weighted by atomic mass is 9.93. The molecule has 0 atom stereocenters. The Hall–Kier alpha value is -3.00. The van der Waals surface area contributed by atoms with E-state index in [1.54, 1.807) is 4.90 Å². The van der Waals surface area contributed by atoms with Crippen molar-refractivity contribution < 1.29 is 4.79 Å². The fourth-order valence-electron chi connectivity index (χ4n) is 5.06. The molecule has 2 fully saturated rings. The van der Waals surface area contributed by atoms with E-state index < -0.39 is 0 Å². The van der Waals surface area contributed by atoms with Crippen LogP contribution in [-0.4, -0.2) is 66.0 Å². The highest BCUT2D eigenvalue weighted by Crippen LogP contribution is 2.44. The lowest BCUT2D eigenvalue weighted by Crippen LogP contribution is -2.43. The number of aromatic nitrogens is 3. The van der Waals surface area contributed by atoms with Gasteiger partial charge in [-0.1, -0.05) is 12.8 Å². The molecule has 2 N–H and O–H groups in total. The quantitative estimate of drug-likeness (QED) is 0.750. The Balaban J connectivity index is 1.39. The molecule has 1 aliphatic heterocycles. The summed E-state index contributed by atoms with van der Waals surface area (Å²) in [4.78, 5) is 30.9. The minimum absolute atomic E-state index is 0.0876. The third-order valence-corrected chi connectivity index (χ3v) is 6.71. The Morgan fingerprint density at radius 1 is 1.12 bits per heavy atom. The van der Waals surface area contributed by atoms with Gasteiger partial charge in [-0.2, -0.15) is 0 Å². The first-order valence-corrected chi connectivity index (χ1v) is 11.6. The van der Waals surface area contributed by atoms with Gasteiger partial charge in [-0.05, 0) is 36.5 Å². The first kappa shape index (κ1) is 20.9. The summed E-state index contributed by atoms with van der Waals surface area (Å²) in [7, 11) is 3.64. The van der Waals surface area contributed by atoms with E-state index in [0.717, 1.165) is 72.9 Å². The van der Waals surface area contributed by atoms with Crippen molar-refractivity contribution in [1.29, 1.82) is 0 Å². The van der Waals surface area contributed by atoms with Gasteiger partial charge in [-0.15, -0.1) is 0 Å². The molecule has 8 heteroatoms. The van der Waals surface area contributed by atoms with Crippen LogP contribution in [0.3, 0.4) is 0 Å². The summed E-state index contributed by atoms with van der Waals surface area (Å²) in [5.41, 5.74) is 5.15. The average molecular weight is 434 g/mol. The number of anilines is 3. The van der Waals surface area contributed by atoms with Gasteiger partial charge in [0.1, 0.15) is 5.82 Å². The van der Waals surface area contributed by atoms with Crippen LogP contribution in [0.1, 0.15) is 36.9 Å². The molecule has 2 aromatic heterocycles. The second-order valence-electron chi connectivity index (χ2n) is 9.08. The number of hydrogen-bond acceptors (Lipinski definition) is 7. The van der Waals surface area contributed by atoms with Crippen LogP contribution in [0.5, 0.6) is 0 Å². The fourth-order valence-corrected chi connectivity index (χ4v) is 5.06. The second-order valence-corrected chi connectivity index (χ2v) is 9.08. The Morgan fingerprint density at radius 3 is 2.59 bits per heavy atom. The smallest absolute Gasteiger partial charge is 0.249 e. The number of carbonyl (C=O) groups excluding carboxylic acids is 1. The van der Waals surface area contributed by atoms with E-state index in [-0.39, 0.29) is 5.91 Å². The number of nitrogens with zero attached hydrogens (tertiary/aromatic N) is 5. The number of likely N-dealkylation sites (N-methyl/N-ethyl adjacent to an activating group) is 1. The molecule has 0 aromatic carbocycles. The maximum Gasteiger partial charge on any atom is 0.249 e. The van der Waals surface area contributed by atoms with Crippen LogP contribution in [0, 0.1) is 5.92 Å². The van der Waals surface area contributed by atoms with Crippen LogP contribution in [0.4, 0.5) is 17.5 Å². The zero-order valence-electron chi connectivity index (χ0n) is 18.9. The molecule has 3 aliphatic rings. The summed E-state index contributed by atoms with van der Waals surface area (Å²) in [6.07, 6.45) is 9.07. The summed E-state index contributed by atoms with van der Waals surface area (Å²) in [5.74, 6) is 1.75. The molecule has 0 bridgehead atoms. The first-order chi connectivity index (χ1) is 15.6. The molecule has 1 amide bonds. The average Bonchev–Trinajstić information content (AvgIpc) is 3.47. The number of fused-ring (bicyclic) bond motifs is 1. The van der Waals surface area contributed by atoms with E-state index in [9.17, 15) is 4.79 Å². The summed E-state index contributed by atoms with van der Waals surface area (Å²) >= 11 is 0. The van der Waals surface area contributed by atoms with Crippen LogP contribution in [0.2, 0.25) is 0 Å². The van der Waals surface area contributed by atoms with E-state index in [4.69, 9.17) is 4.98 Å².